The van der Waals surface area contributed by atoms with E-state index < -0.39 is 5.97 Å². The molecule has 3 aromatic rings. The van der Waals surface area contributed by atoms with Gasteiger partial charge in [0.05, 0.1) is 17.3 Å². The van der Waals surface area contributed by atoms with Crippen LogP contribution >= 0.6 is 15.9 Å². The minimum absolute atomic E-state index is 0.107. The van der Waals surface area contributed by atoms with E-state index in [0.29, 0.717) is 16.7 Å². The highest BCUT2D eigenvalue weighted by atomic mass is 79.9. The second-order valence-corrected chi connectivity index (χ2v) is 5.41. The third kappa shape index (κ3) is 2.47. The monoisotopic (exact) mass is 346 g/mol. The Bertz CT molecular complexity index is 844. The third-order valence-electron chi connectivity index (χ3n) is 3.09. The summed E-state index contributed by atoms with van der Waals surface area (Å²) < 4.78 is 2.51. The molecule has 7 heteroatoms. The Morgan fingerprint density at radius 1 is 1.38 bits per heavy atom. The van der Waals surface area contributed by atoms with Crippen LogP contribution in [0.15, 0.2) is 41.1 Å². The SMILES string of the molecule is Cn1ncc2c(Nc3cccc(Br)c3)c(C(=O)O)cnc21. The van der Waals surface area contributed by atoms with Crippen molar-refractivity contribution in [1.29, 1.82) is 0 Å². The van der Waals surface area contributed by atoms with E-state index in [4.69, 9.17) is 0 Å². The van der Waals surface area contributed by atoms with E-state index >= 15 is 0 Å². The van der Waals surface area contributed by atoms with Gasteiger partial charge >= 0.3 is 5.97 Å². The normalized spacial score (nSPS) is 10.8. The summed E-state index contributed by atoms with van der Waals surface area (Å²) in [5.41, 5.74) is 2.00. The Kier molecular flexibility index (Phi) is 3.34. The molecule has 21 heavy (non-hydrogen) atoms. The number of pyridine rings is 1. The molecule has 2 aromatic heterocycles. The van der Waals surface area contributed by atoms with Crippen LogP contribution in [0.4, 0.5) is 11.4 Å². The molecule has 0 aliphatic carbocycles. The average molecular weight is 347 g/mol. The fourth-order valence-electron chi connectivity index (χ4n) is 2.10. The first-order valence-electron chi connectivity index (χ1n) is 6.13. The third-order valence-corrected chi connectivity index (χ3v) is 3.58. The molecule has 0 aliphatic rings. The zero-order valence-electron chi connectivity index (χ0n) is 11.0. The van der Waals surface area contributed by atoms with Crippen LogP contribution in [0.3, 0.4) is 0 Å². The number of hydrogen-bond acceptors (Lipinski definition) is 4. The highest BCUT2D eigenvalue weighted by molar-refractivity contribution is 9.10. The minimum atomic E-state index is -1.04. The number of benzene rings is 1. The summed E-state index contributed by atoms with van der Waals surface area (Å²) in [7, 11) is 1.76. The predicted molar refractivity (Wildman–Crippen MR) is 82.9 cm³/mol. The number of anilines is 2. The molecule has 106 valence electrons. The van der Waals surface area contributed by atoms with E-state index in [2.05, 4.69) is 31.3 Å². The zero-order chi connectivity index (χ0) is 15.0. The van der Waals surface area contributed by atoms with Crippen molar-refractivity contribution in [2.45, 2.75) is 0 Å². The van der Waals surface area contributed by atoms with E-state index in [1.54, 1.807) is 17.9 Å². The molecule has 1 aromatic carbocycles. The molecule has 0 fully saturated rings. The van der Waals surface area contributed by atoms with Gasteiger partial charge in [0.25, 0.3) is 0 Å². The molecule has 0 amide bonds. The van der Waals surface area contributed by atoms with E-state index in [9.17, 15) is 9.90 Å². The molecule has 0 unspecified atom stereocenters. The lowest BCUT2D eigenvalue weighted by atomic mass is 10.1. The van der Waals surface area contributed by atoms with Crippen molar-refractivity contribution in [2.75, 3.05) is 5.32 Å². The summed E-state index contributed by atoms with van der Waals surface area (Å²) in [5, 5.41) is 17.3. The van der Waals surface area contributed by atoms with Gasteiger partial charge in [0.15, 0.2) is 5.65 Å². The number of nitrogens with one attached hydrogen (secondary N) is 1. The van der Waals surface area contributed by atoms with Gasteiger partial charge in [-0.1, -0.05) is 22.0 Å². The maximum Gasteiger partial charge on any atom is 0.339 e. The number of nitrogens with zero attached hydrogens (tertiary/aromatic N) is 3. The molecule has 6 nitrogen and oxygen atoms in total. The number of aryl methyl sites for hydroxylation is 1. The quantitative estimate of drug-likeness (QED) is 0.761. The van der Waals surface area contributed by atoms with Gasteiger partial charge in [0.2, 0.25) is 0 Å². The van der Waals surface area contributed by atoms with Crippen molar-refractivity contribution >= 4 is 44.3 Å². The second kappa shape index (κ2) is 5.17. The largest absolute Gasteiger partial charge is 0.478 e. The van der Waals surface area contributed by atoms with Crippen LogP contribution in [0.1, 0.15) is 10.4 Å². The Hall–Kier alpha value is -2.41. The van der Waals surface area contributed by atoms with Crippen LogP contribution in [0.25, 0.3) is 11.0 Å². The van der Waals surface area contributed by atoms with Crippen LogP contribution < -0.4 is 5.32 Å². The molecule has 0 spiro atoms. The Labute approximate surface area is 128 Å². The van der Waals surface area contributed by atoms with Gasteiger partial charge in [-0.3, -0.25) is 4.68 Å². The maximum absolute atomic E-state index is 11.4. The van der Waals surface area contributed by atoms with Gasteiger partial charge in [-0.25, -0.2) is 9.78 Å². The number of aromatic nitrogens is 3. The number of aromatic carboxylic acids is 1. The fourth-order valence-corrected chi connectivity index (χ4v) is 2.50. The Morgan fingerprint density at radius 2 is 2.19 bits per heavy atom. The zero-order valence-corrected chi connectivity index (χ0v) is 12.6. The summed E-state index contributed by atoms with van der Waals surface area (Å²) in [6.45, 7) is 0. The fraction of sp³-hybridized carbons (Fsp3) is 0.0714. The standard InChI is InChI=1S/C14H11BrN4O2/c1-19-13-10(7-17-19)12(11(6-16-13)14(20)21)18-9-4-2-3-8(15)5-9/h2-7H,1H3,(H,16,18)(H,20,21). The number of fused-ring (bicyclic) bond motifs is 1. The molecule has 2 N–H and O–H groups in total. The van der Waals surface area contributed by atoms with E-state index in [1.165, 1.54) is 6.20 Å². The maximum atomic E-state index is 11.4. The number of rotatable bonds is 3. The van der Waals surface area contributed by atoms with Crippen LogP contribution in [0, 0.1) is 0 Å². The van der Waals surface area contributed by atoms with Gasteiger partial charge in [-0.15, -0.1) is 0 Å². The summed E-state index contributed by atoms with van der Waals surface area (Å²) in [4.78, 5) is 15.6. The van der Waals surface area contributed by atoms with Gasteiger partial charge < -0.3 is 10.4 Å². The molecule has 2 heterocycles. The molecular formula is C14H11BrN4O2. The van der Waals surface area contributed by atoms with Crippen LogP contribution in [0.5, 0.6) is 0 Å². The Balaban J connectivity index is 2.18. The molecule has 0 saturated carbocycles. The van der Waals surface area contributed by atoms with Crippen LogP contribution in [0.2, 0.25) is 0 Å². The van der Waals surface area contributed by atoms with E-state index in [1.807, 2.05) is 24.3 Å². The molecule has 0 aliphatic heterocycles. The topological polar surface area (TPSA) is 80.0 Å². The molecule has 0 bridgehead atoms. The molecule has 0 radical (unpaired) electrons. The molecule has 0 atom stereocenters. The molecule has 3 rings (SSSR count). The average Bonchev–Trinajstić information content (AvgIpc) is 2.81. The first kappa shape index (κ1) is 13.6. The van der Waals surface area contributed by atoms with Crippen molar-refractivity contribution in [3.05, 3.63) is 46.7 Å². The second-order valence-electron chi connectivity index (χ2n) is 4.49. The summed E-state index contributed by atoms with van der Waals surface area (Å²) >= 11 is 3.39. The van der Waals surface area contributed by atoms with Crippen molar-refractivity contribution in [3.63, 3.8) is 0 Å². The lowest BCUT2D eigenvalue weighted by molar-refractivity contribution is 0.0697. The van der Waals surface area contributed by atoms with Crippen molar-refractivity contribution in [1.82, 2.24) is 14.8 Å². The number of carbonyl (C=O) groups is 1. The number of carboxylic acids is 1. The number of halogens is 1. The molecular weight excluding hydrogens is 336 g/mol. The highest BCUT2D eigenvalue weighted by Gasteiger charge is 2.17. The van der Waals surface area contributed by atoms with Gasteiger partial charge in [-0.2, -0.15) is 5.10 Å². The minimum Gasteiger partial charge on any atom is -0.478 e. The lowest BCUT2D eigenvalue weighted by Crippen LogP contribution is -2.05. The van der Waals surface area contributed by atoms with Gasteiger partial charge in [0.1, 0.15) is 5.56 Å². The van der Waals surface area contributed by atoms with E-state index in [0.717, 1.165) is 10.2 Å². The summed E-state index contributed by atoms with van der Waals surface area (Å²) in [5.74, 6) is -1.04. The number of hydrogen-bond donors (Lipinski definition) is 2. The molecule has 0 saturated heterocycles. The van der Waals surface area contributed by atoms with Crippen molar-refractivity contribution < 1.29 is 9.90 Å². The van der Waals surface area contributed by atoms with Gasteiger partial charge in [0, 0.05) is 23.4 Å². The van der Waals surface area contributed by atoms with Crippen molar-refractivity contribution in [3.8, 4) is 0 Å². The smallest absolute Gasteiger partial charge is 0.339 e. The first-order valence-corrected chi connectivity index (χ1v) is 6.92. The first-order chi connectivity index (χ1) is 10.1. The number of carboxylic acid groups (broad SMARTS) is 1. The van der Waals surface area contributed by atoms with E-state index in [-0.39, 0.29) is 5.56 Å². The Morgan fingerprint density at radius 3 is 2.90 bits per heavy atom. The summed E-state index contributed by atoms with van der Waals surface area (Å²) in [6, 6.07) is 7.50. The van der Waals surface area contributed by atoms with Crippen molar-refractivity contribution in [2.24, 2.45) is 7.05 Å². The lowest BCUT2D eigenvalue weighted by Gasteiger charge is -2.11. The van der Waals surface area contributed by atoms with Crippen LogP contribution in [-0.4, -0.2) is 25.8 Å². The predicted octanol–water partition coefficient (Wildman–Crippen LogP) is 3.17. The van der Waals surface area contributed by atoms with Crippen LogP contribution in [-0.2, 0) is 7.05 Å². The van der Waals surface area contributed by atoms with Gasteiger partial charge in [-0.05, 0) is 18.2 Å². The highest BCUT2D eigenvalue weighted by Crippen LogP contribution is 2.29. The summed E-state index contributed by atoms with van der Waals surface area (Å²) in [6.07, 6.45) is 2.95.